The number of benzene rings is 2. The molecule has 9 nitrogen and oxygen atoms in total. The van der Waals surface area contributed by atoms with Crippen molar-refractivity contribution in [1.82, 2.24) is 25.0 Å². The summed E-state index contributed by atoms with van der Waals surface area (Å²) in [6.07, 6.45) is -2.84. The summed E-state index contributed by atoms with van der Waals surface area (Å²) in [4.78, 5) is 8.38. The molecule has 240 valence electrons. The molecule has 0 radical (unpaired) electrons. The van der Waals surface area contributed by atoms with Crippen LogP contribution in [-0.2, 0) is 5.54 Å². The van der Waals surface area contributed by atoms with Crippen LogP contribution >= 0.6 is 0 Å². The van der Waals surface area contributed by atoms with Gasteiger partial charge in [-0.05, 0) is 56.5 Å². The highest BCUT2D eigenvalue weighted by Crippen LogP contribution is 2.48. The van der Waals surface area contributed by atoms with Crippen molar-refractivity contribution in [2.45, 2.75) is 50.9 Å². The summed E-state index contributed by atoms with van der Waals surface area (Å²) in [7, 11) is 0. The molecule has 0 spiro atoms. The number of alkyl halides is 5. The second-order valence-electron chi connectivity index (χ2n) is 12.0. The number of aromatic nitrogens is 5. The van der Waals surface area contributed by atoms with Gasteiger partial charge in [0.25, 0.3) is 6.43 Å². The van der Waals surface area contributed by atoms with E-state index in [1.165, 1.54) is 42.9 Å². The molecule has 1 saturated carbocycles. The summed E-state index contributed by atoms with van der Waals surface area (Å²) < 4.78 is 84.9. The van der Waals surface area contributed by atoms with Gasteiger partial charge in [0.05, 0.1) is 40.0 Å². The number of rotatable bonds is 9. The van der Waals surface area contributed by atoms with E-state index in [1.54, 1.807) is 12.1 Å². The van der Waals surface area contributed by atoms with E-state index in [4.69, 9.17) is 0 Å². The Bertz CT molecular complexity index is 2090. The third-order valence-electron chi connectivity index (χ3n) is 8.49. The Morgan fingerprint density at radius 2 is 1.74 bits per heavy atom. The molecule has 0 unspecified atom stereocenters. The van der Waals surface area contributed by atoms with Crippen molar-refractivity contribution < 1.29 is 26.3 Å². The molecule has 3 aromatic heterocycles. The van der Waals surface area contributed by atoms with Crippen LogP contribution in [0.2, 0.25) is 0 Å². The van der Waals surface area contributed by atoms with Gasteiger partial charge in [-0.25, -0.2) is 17.9 Å². The molecule has 1 aliphatic carbocycles. The zero-order valence-electron chi connectivity index (χ0n) is 24.9. The minimum Gasteiger partial charge on any atom is -0.382 e. The fourth-order valence-electron chi connectivity index (χ4n) is 5.35. The largest absolute Gasteiger partial charge is 0.395 e. The van der Waals surface area contributed by atoms with Crippen LogP contribution in [0.1, 0.15) is 55.1 Å². The summed E-state index contributed by atoms with van der Waals surface area (Å²) in [6, 6.07) is 11.9. The lowest BCUT2D eigenvalue weighted by molar-refractivity contribution is -0.206. The summed E-state index contributed by atoms with van der Waals surface area (Å²) in [6.45, 7) is 1.45. The summed E-state index contributed by atoms with van der Waals surface area (Å²) in [5.74, 6) is -0.591. The number of halogens is 6. The molecule has 0 amide bonds. The van der Waals surface area contributed by atoms with Crippen molar-refractivity contribution in [2.75, 3.05) is 17.2 Å². The molecule has 1 atom stereocenters. The van der Waals surface area contributed by atoms with Crippen LogP contribution in [0, 0.1) is 33.9 Å². The lowest BCUT2D eigenvalue weighted by Gasteiger charge is -2.28. The number of anilines is 2. The molecule has 1 fully saturated rings. The Morgan fingerprint density at radius 3 is 2.40 bits per heavy atom. The zero-order valence-corrected chi connectivity index (χ0v) is 24.9. The van der Waals surface area contributed by atoms with Gasteiger partial charge in [0.2, 0.25) is 0 Å². The average Bonchev–Trinajstić information content (AvgIpc) is 3.72. The van der Waals surface area contributed by atoms with Gasteiger partial charge < -0.3 is 10.6 Å². The van der Waals surface area contributed by atoms with Gasteiger partial charge in [-0.1, -0.05) is 17.3 Å². The van der Waals surface area contributed by atoms with Crippen LogP contribution in [0.25, 0.3) is 21.8 Å². The van der Waals surface area contributed by atoms with Crippen molar-refractivity contribution in [3.05, 3.63) is 83.2 Å². The Balaban J connectivity index is 1.50. The highest BCUT2D eigenvalue weighted by Gasteiger charge is 2.54. The molecule has 2 aromatic carbocycles. The quantitative estimate of drug-likeness (QED) is 0.160. The number of hydrogen-bond acceptors (Lipinski definition) is 8. The third kappa shape index (κ3) is 5.52. The normalized spacial score (nSPS) is 15.0. The first-order valence-electron chi connectivity index (χ1n) is 14.4. The van der Waals surface area contributed by atoms with Crippen molar-refractivity contribution in [3.63, 3.8) is 0 Å². The first-order chi connectivity index (χ1) is 22.3. The van der Waals surface area contributed by atoms with E-state index in [-0.39, 0.29) is 57.5 Å². The van der Waals surface area contributed by atoms with Crippen molar-refractivity contribution in [2.24, 2.45) is 5.41 Å². The van der Waals surface area contributed by atoms with Gasteiger partial charge in [-0.3, -0.25) is 9.97 Å². The van der Waals surface area contributed by atoms with E-state index in [9.17, 15) is 36.9 Å². The van der Waals surface area contributed by atoms with Crippen LogP contribution in [0.15, 0.2) is 55.0 Å². The summed E-state index contributed by atoms with van der Waals surface area (Å²) in [5.41, 5.74) is -2.54. The average molecular weight is 650 g/mol. The smallest absolute Gasteiger partial charge is 0.382 e. The van der Waals surface area contributed by atoms with Crippen LogP contribution in [0.3, 0.4) is 0 Å². The Morgan fingerprint density at radius 1 is 1.00 bits per heavy atom. The lowest BCUT2D eigenvalue weighted by Crippen LogP contribution is -2.38. The predicted molar refractivity (Wildman–Crippen MR) is 160 cm³/mol. The summed E-state index contributed by atoms with van der Waals surface area (Å²) >= 11 is 0. The molecule has 3 heterocycles. The molecule has 0 bridgehead atoms. The maximum absolute atomic E-state index is 14.8. The molecular formula is C32H25F6N9. The maximum atomic E-state index is 14.8. The molecule has 0 saturated heterocycles. The van der Waals surface area contributed by atoms with E-state index >= 15 is 0 Å². The maximum Gasteiger partial charge on any atom is 0.395 e. The zero-order chi connectivity index (χ0) is 33.7. The van der Waals surface area contributed by atoms with Gasteiger partial charge in [-0.2, -0.15) is 23.7 Å². The van der Waals surface area contributed by atoms with Crippen LogP contribution in [0.5, 0.6) is 0 Å². The fraction of sp³-hybridized carbons (Fsp3) is 0.312. The topological polar surface area (TPSA) is 128 Å². The molecule has 0 aliphatic heterocycles. The monoisotopic (exact) mass is 649 g/mol. The number of hydrogen-bond donors (Lipinski definition) is 2. The van der Waals surface area contributed by atoms with E-state index in [2.05, 4.69) is 30.9 Å². The molecule has 6 rings (SSSR count). The molecule has 5 aromatic rings. The molecule has 47 heavy (non-hydrogen) atoms. The minimum atomic E-state index is -4.55. The number of nitrogens with one attached hydrogen (secondary N) is 2. The van der Waals surface area contributed by atoms with E-state index in [0.717, 1.165) is 18.5 Å². The second-order valence-corrected chi connectivity index (χ2v) is 12.0. The third-order valence-corrected chi connectivity index (χ3v) is 8.49. The first kappa shape index (κ1) is 31.5. The van der Waals surface area contributed by atoms with Gasteiger partial charge >= 0.3 is 6.18 Å². The number of fused-ring (bicyclic) bond motifs is 2. The molecular weight excluding hydrogens is 624 g/mol. The van der Waals surface area contributed by atoms with E-state index in [1.807, 2.05) is 12.1 Å². The molecule has 15 heteroatoms. The van der Waals surface area contributed by atoms with Crippen molar-refractivity contribution in [1.29, 1.82) is 10.5 Å². The van der Waals surface area contributed by atoms with Crippen molar-refractivity contribution in [3.8, 4) is 12.1 Å². The Hall–Kier alpha value is -5.44. The lowest BCUT2D eigenvalue weighted by atomic mass is 9.92. The van der Waals surface area contributed by atoms with Crippen molar-refractivity contribution >= 4 is 33.2 Å². The highest BCUT2D eigenvalue weighted by molar-refractivity contribution is 5.99. The minimum absolute atomic E-state index is 0.0373. The van der Waals surface area contributed by atoms with Gasteiger partial charge in [0.15, 0.2) is 0 Å². The van der Waals surface area contributed by atoms with E-state index < -0.39 is 42.0 Å². The SMILES string of the molecule is CC(C)(CNc1c(C#N)cnc2c(C#N)cc(N[C@H](c3cn(C4(C(F)F)CC4)nn3)c3ccc(F)c4ncccc34)cc12)C(F)(F)F. The Kier molecular flexibility index (Phi) is 7.66. The second kappa shape index (κ2) is 11.4. The fourth-order valence-corrected chi connectivity index (χ4v) is 5.35. The number of pyridine rings is 2. The molecule has 1 aliphatic rings. The molecule has 2 N–H and O–H groups in total. The standard InChI is InChI=1S/C32H25F6N9/c1-30(2,32(36,37)38)16-43-26-18(13-40)14-42-25-17(12-39)10-19(11-22(25)26)44-28(21-5-6-23(33)27-20(21)4-3-9-41-27)24-15-47(46-45-24)31(7-8-31)29(34)35/h3-6,9-11,14-15,28-29,44H,7-8,16H2,1-2H3,(H,42,43)/t28-/m0/s1. The predicted octanol–water partition coefficient (Wildman–Crippen LogP) is 7.21. The van der Waals surface area contributed by atoms with Crippen LogP contribution in [-0.4, -0.2) is 44.1 Å². The number of nitrogens with zero attached hydrogens (tertiary/aromatic N) is 7. The Labute approximate surface area is 263 Å². The van der Waals surface area contributed by atoms with Gasteiger partial charge in [0.1, 0.15) is 34.7 Å². The van der Waals surface area contributed by atoms with Crippen LogP contribution < -0.4 is 10.6 Å². The highest BCUT2D eigenvalue weighted by atomic mass is 19.4. The first-order valence-corrected chi connectivity index (χ1v) is 14.4. The summed E-state index contributed by atoms with van der Waals surface area (Å²) in [5, 5.41) is 34.6. The van der Waals surface area contributed by atoms with Crippen LogP contribution in [0.4, 0.5) is 37.7 Å². The number of nitriles is 2. The van der Waals surface area contributed by atoms with Gasteiger partial charge in [-0.15, -0.1) is 5.10 Å². The van der Waals surface area contributed by atoms with Gasteiger partial charge in [0, 0.05) is 35.4 Å². The van der Waals surface area contributed by atoms with E-state index in [0.29, 0.717) is 10.9 Å².